The molecule has 25 heavy (non-hydrogen) atoms. The number of carboxylic acid groups (broad SMARTS) is 1. The van der Waals surface area contributed by atoms with Crippen LogP contribution in [-0.4, -0.2) is 18.2 Å². The van der Waals surface area contributed by atoms with Gasteiger partial charge in [0.25, 0.3) is 0 Å². The van der Waals surface area contributed by atoms with E-state index >= 15 is 0 Å². The third-order valence-electron chi connectivity index (χ3n) is 5.57. The Morgan fingerprint density at radius 2 is 1.92 bits per heavy atom. The molecule has 0 bridgehead atoms. The summed E-state index contributed by atoms with van der Waals surface area (Å²) in [6.07, 6.45) is 6.04. The number of hydrogen-bond donors (Lipinski definition) is 1. The summed E-state index contributed by atoms with van der Waals surface area (Å²) >= 11 is 0. The highest BCUT2D eigenvalue weighted by molar-refractivity contribution is 5.91. The number of methoxy groups -OCH3 is 1. The predicted molar refractivity (Wildman–Crippen MR) is 98.3 cm³/mol. The number of benzene rings is 2. The monoisotopic (exact) mass is 334 g/mol. The van der Waals surface area contributed by atoms with E-state index in [9.17, 15) is 9.90 Å². The maximum Gasteiger partial charge on any atom is 0.336 e. The van der Waals surface area contributed by atoms with Gasteiger partial charge >= 0.3 is 5.97 Å². The summed E-state index contributed by atoms with van der Waals surface area (Å²) in [7, 11) is 1.61. The molecule has 0 amide bonds. The Kier molecular flexibility index (Phi) is 3.87. The summed E-state index contributed by atoms with van der Waals surface area (Å²) in [5, 5.41) is 9.65. The summed E-state index contributed by atoms with van der Waals surface area (Å²) < 4.78 is 5.35. The van der Waals surface area contributed by atoms with E-state index in [-0.39, 0.29) is 5.92 Å². The summed E-state index contributed by atoms with van der Waals surface area (Å²) in [6.45, 7) is 2.11. The molecule has 1 unspecified atom stereocenters. The van der Waals surface area contributed by atoms with Crippen molar-refractivity contribution in [2.45, 2.75) is 32.1 Å². The van der Waals surface area contributed by atoms with Gasteiger partial charge in [0.1, 0.15) is 5.75 Å². The molecule has 3 heteroatoms. The van der Waals surface area contributed by atoms with E-state index in [1.54, 1.807) is 19.2 Å². The average molecular weight is 334 g/mol. The molecule has 0 saturated heterocycles. The van der Waals surface area contributed by atoms with E-state index in [2.05, 4.69) is 31.2 Å². The van der Waals surface area contributed by atoms with E-state index in [4.69, 9.17) is 4.74 Å². The van der Waals surface area contributed by atoms with Crippen molar-refractivity contribution in [3.63, 3.8) is 0 Å². The number of aryl methyl sites for hydroxylation is 1. The smallest absolute Gasteiger partial charge is 0.336 e. The number of fused-ring (bicyclic) bond motifs is 1. The molecule has 0 radical (unpaired) electrons. The van der Waals surface area contributed by atoms with Crippen LogP contribution in [-0.2, 0) is 0 Å². The van der Waals surface area contributed by atoms with Gasteiger partial charge in [-0.15, -0.1) is 0 Å². The highest BCUT2D eigenvalue weighted by atomic mass is 16.5. The topological polar surface area (TPSA) is 46.5 Å². The Hall–Kier alpha value is -2.55. The van der Waals surface area contributed by atoms with Gasteiger partial charge in [0.05, 0.1) is 12.7 Å². The van der Waals surface area contributed by atoms with Gasteiger partial charge in [-0.05, 0) is 66.1 Å². The number of aromatic carboxylic acids is 1. The molecular weight excluding hydrogens is 312 g/mol. The fraction of sp³-hybridized carbons (Fsp3) is 0.318. The second-order valence-electron chi connectivity index (χ2n) is 7.08. The lowest BCUT2D eigenvalue weighted by molar-refractivity contribution is 0.0695. The minimum atomic E-state index is -0.892. The second kappa shape index (κ2) is 6.07. The maximum atomic E-state index is 11.8. The molecule has 1 N–H and O–H groups in total. The van der Waals surface area contributed by atoms with Gasteiger partial charge < -0.3 is 9.84 Å². The van der Waals surface area contributed by atoms with Crippen LogP contribution in [0.5, 0.6) is 5.75 Å². The second-order valence-corrected chi connectivity index (χ2v) is 7.08. The van der Waals surface area contributed by atoms with Crippen molar-refractivity contribution >= 4 is 11.5 Å². The molecule has 0 aromatic heterocycles. The first kappa shape index (κ1) is 15.9. The first-order valence-corrected chi connectivity index (χ1v) is 8.82. The first-order valence-electron chi connectivity index (χ1n) is 8.82. The van der Waals surface area contributed by atoms with E-state index in [1.165, 1.54) is 41.5 Å². The lowest BCUT2D eigenvalue weighted by Gasteiger charge is -2.27. The summed E-state index contributed by atoms with van der Waals surface area (Å²) in [5.41, 5.74) is 6.31. The van der Waals surface area contributed by atoms with Gasteiger partial charge in [0.15, 0.2) is 0 Å². The lowest BCUT2D eigenvalue weighted by atomic mass is 9.78. The fourth-order valence-corrected chi connectivity index (χ4v) is 4.00. The molecule has 128 valence electrons. The number of allylic oxidation sites excluding steroid dienone is 2. The predicted octanol–water partition coefficient (Wildman–Crippen LogP) is 5.03. The molecule has 1 saturated carbocycles. The molecule has 0 aliphatic heterocycles. The van der Waals surface area contributed by atoms with Crippen molar-refractivity contribution in [2.24, 2.45) is 5.92 Å². The Bertz CT molecular complexity index is 875. The summed E-state index contributed by atoms with van der Waals surface area (Å²) in [6, 6.07) is 11.8. The zero-order valence-corrected chi connectivity index (χ0v) is 14.6. The number of hydrogen-bond acceptors (Lipinski definition) is 2. The molecule has 2 aliphatic carbocycles. The molecule has 0 heterocycles. The molecule has 2 aliphatic rings. The number of carbonyl (C=O) groups is 1. The minimum absolute atomic E-state index is 0.0209. The van der Waals surface area contributed by atoms with Gasteiger partial charge in [0.2, 0.25) is 0 Å². The van der Waals surface area contributed by atoms with Crippen LogP contribution in [0.4, 0.5) is 0 Å². The SMILES string of the molecule is COc1ccc(C(=O)O)c(C2C=C(C3CCC3)c3cc(C)ccc32)c1. The van der Waals surface area contributed by atoms with Crippen LogP contribution in [0.15, 0.2) is 42.5 Å². The molecule has 3 nitrogen and oxygen atoms in total. The van der Waals surface area contributed by atoms with Crippen LogP contribution in [0, 0.1) is 12.8 Å². The van der Waals surface area contributed by atoms with E-state index < -0.39 is 5.97 Å². The van der Waals surface area contributed by atoms with E-state index in [0.717, 1.165) is 5.56 Å². The maximum absolute atomic E-state index is 11.8. The quantitative estimate of drug-likeness (QED) is 0.853. The molecule has 2 aromatic rings. The molecule has 1 fully saturated rings. The van der Waals surface area contributed by atoms with Crippen molar-refractivity contribution in [3.8, 4) is 5.75 Å². The summed E-state index contributed by atoms with van der Waals surface area (Å²) in [5.74, 6) is 0.396. The van der Waals surface area contributed by atoms with E-state index in [0.29, 0.717) is 17.2 Å². The van der Waals surface area contributed by atoms with Crippen LogP contribution < -0.4 is 4.74 Å². The van der Waals surface area contributed by atoms with Gasteiger partial charge in [-0.3, -0.25) is 0 Å². The zero-order chi connectivity index (χ0) is 17.6. The van der Waals surface area contributed by atoms with Crippen molar-refractivity contribution in [1.29, 1.82) is 0 Å². The first-order chi connectivity index (χ1) is 12.1. The van der Waals surface area contributed by atoms with Crippen LogP contribution in [0.1, 0.15) is 57.8 Å². The molecule has 2 aromatic carbocycles. The lowest BCUT2D eigenvalue weighted by Crippen LogP contribution is -2.12. The van der Waals surface area contributed by atoms with Crippen molar-refractivity contribution in [3.05, 3.63) is 70.3 Å². The number of carboxylic acids is 1. The highest BCUT2D eigenvalue weighted by Crippen LogP contribution is 2.49. The average Bonchev–Trinajstić information content (AvgIpc) is 2.91. The standard InChI is InChI=1S/C22H22O3/c1-13-6-8-16-19(10-13)18(14-4-3-5-14)12-21(16)20-11-15(25-2)7-9-17(20)22(23)24/h6-12,14,21H,3-5H2,1-2H3,(H,23,24). The number of ether oxygens (including phenoxy) is 1. The fourth-order valence-electron chi connectivity index (χ4n) is 4.00. The van der Waals surface area contributed by atoms with Crippen LogP contribution >= 0.6 is 0 Å². The highest BCUT2D eigenvalue weighted by Gasteiger charge is 2.33. The van der Waals surface area contributed by atoms with Crippen LogP contribution in [0.2, 0.25) is 0 Å². The van der Waals surface area contributed by atoms with Gasteiger partial charge in [-0.25, -0.2) is 4.79 Å². The Morgan fingerprint density at radius 3 is 2.56 bits per heavy atom. The van der Waals surface area contributed by atoms with Crippen molar-refractivity contribution in [1.82, 2.24) is 0 Å². The summed E-state index contributed by atoms with van der Waals surface area (Å²) in [4.78, 5) is 11.8. The normalized spacial score (nSPS) is 19.1. The molecule has 0 spiro atoms. The zero-order valence-electron chi connectivity index (χ0n) is 14.6. The molecule has 1 atom stereocenters. The van der Waals surface area contributed by atoms with E-state index in [1.807, 2.05) is 6.07 Å². The Labute approximate surface area is 148 Å². The largest absolute Gasteiger partial charge is 0.497 e. The molecular formula is C22H22O3. The van der Waals surface area contributed by atoms with Gasteiger partial charge in [-0.1, -0.05) is 36.3 Å². The van der Waals surface area contributed by atoms with Crippen molar-refractivity contribution in [2.75, 3.05) is 7.11 Å². The van der Waals surface area contributed by atoms with Crippen molar-refractivity contribution < 1.29 is 14.6 Å². The van der Waals surface area contributed by atoms with Gasteiger partial charge in [0, 0.05) is 5.92 Å². The van der Waals surface area contributed by atoms with Gasteiger partial charge in [-0.2, -0.15) is 0 Å². The number of rotatable bonds is 4. The Morgan fingerprint density at radius 1 is 1.12 bits per heavy atom. The van der Waals surface area contributed by atoms with Crippen LogP contribution in [0.3, 0.4) is 0 Å². The van der Waals surface area contributed by atoms with Crippen LogP contribution in [0.25, 0.3) is 5.57 Å². The third kappa shape index (κ3) is 2.64. The minimum Gasteiger partial charge on any atom is -0.497 e. The third-order valence-corrected chi connectivity index (χ3v) is 5.57. The Balaban J connectivity index is 1.88. The molecule has 4 rings (SSSR count).